The average Bonchev–Trinajstić information content (AvgIpc) is 3.02. The Bertz CT molecular complexity index is 824. The third-order valence-corrected chi connectivity index (χ3v) is 3.10. The molecule has 2 aromatic heterocycles. The molecular weight excluding hydrogens is 296 g/mol. The first-order valence-corrected chi connectivity index (χ1v) is 6.36. The second-order valence-electron chi connectivity index (χ2n) is 4.26. The Balaban J connectivity index is 1.89. The Morgan fingerprint density at radius 1 is 1.48 bits per heavy atom. The lowest BCUT2D eigenvalue weighted by Crippen LogP contribution is -2.14. The Morgan fingerprint density at radius 2 is 2.29 bits per heavy atom. The van der Waals surface area contributed by atoms with Crippen LogP contribution < -0.4 is 10.1 Å². The maximum Gasteiger partial charge on any atom is 0.314 e. The van der Waals surface area contributed by atoms with Crippen molar-refractivity contribution in [2.45, 2.75) is 0 Å². The van der Waals surface area contributed by atoms with E-state index in [1.54, 1.807) is 25.2 Å². The molecule has 3 aromatic rings. The molecule has 1 aromatic carbocycles. The number of aryl methyl sites for hydroxylation is 1. The first-order chi connectivity index (χ1) is 10.1. The van der Waals surface area contributed by atoms with E-state index in [4.69, 9.17) is 16.3 Å². The lowest BCUT2D eigenvalue weighted by Gasteiger charge is -1.98. The van der Waals surface area contributed by atoms with Gasteiger partial charge in [0.1, 0.15) is 0 Å². The summed E-state index contributed by atoms with van der Waals surface area (Å²) in [5.41, 5.74) is 0.726. The van der Waals surface area contributed by atoms with Crippen molar-refractivity contribution in [3.05, 3.63) is 29.0 Å². The molecule has 0 bridgehead atoms. The number of H-pyrrole nitrogens is 1. The summed E-state index contributed by atoms with van der Waals surface area (Å²) in [6.45, 7) is 0. The number of rotatable bonds is 3. The molecule has 0 aliphatic carbocycles. The van der Waals surface area contributed by atoms with Gasteiger partial charge in [0.2, 0.25) is 5.82 Å². The number of carbonyl (C=O) groups is 1. The molecule has 21 heavy (non-hydrogen) atoms. The topological polar surface area (TPSA) is 97.7 Å². The fraction of sp³-hybridized carbons (Fsp3) is 0.167. The van der Waals surface area contributed by atoms with Crippen LogP contribution in [0.1, 0.15) is 10.6 Å². The van der Waals surface area contributed by atoms with Gasteiger partial charge in [-0.1, -0.05) is 11.6 Å². The third-order valence-electron chi connectivity index (χ3n) is 2.87. The van der Waals surface area contributed by atoms with E-state index in [0.717, 1.165) is 10.9 Å². The van der Waals surface area contributed by atoms with Gasteiger partial charge in [0.15, 0.2) is 5.82 Å². The normalized spacial score (nSPS) is 10.8. The van der Waals surface area contributed by atoms with Crippen LogP contribution in [0, 0.1) is 0 Å². The molecule has 8 nitrogen and oxygen atoms in total. The minimum Gasteiger partial charge on any atom is -0.467 e. The van der Waals surface area contributed by atoms with E-state index in [-0.39, 0.29) is 11.8 Å². The first kappa shape index (κ1) is 13.4. The van der Waals surface area contributed by atoms with E-state index in [9.17, 15) is 4.79 Å². The second kappa shape index (κ2) is 5.06. The summed E-state index contributed by atoms with van der Waals surface area (Å²) in [5, 5.41) is 14.8. The molecule has 2 heterocycles. The molecule has 0 fully saturated rings. The molecule has 1 amide bonds. The molecule has 0 aliphatic rings. The Labute approximate surface area is 124 Å². The fourth-order valence-electron chi connectivity index (χ4n) is 1.89. The number of amides is 1. The largest absolute Gasteiger partial charge is 0.467 e. The highest BCUT2D eigenvalue weighted by Crippen LogP contribution is 2.23. The number of anilines is 1. The van der Waals surface area contributed by atoms with E-state index in [0.29, 0.717) is 10.8 Å². The molecule has 3 rings (SSSR count). The van der Waals surface area contributed by atoms with Crippen molar-refractivity contribution in [1.29, 1.82) is 0 Å². The monoisotopic (exact) mass is 306 g/mol. The van der Waals surface area contributed by atoms with Crippen molar-refractivity contribution < 1.29 is 9.53 Å². The number of benzene rings is 1. The van der Waals surface area contributed by atoms with Gasteiger partial charge >= 0.3 is 6.01 Å². The molecule has 0 spiro atoms. The molecule has 0 radical (unpaired) electrons. The summed E-state index contributed by atoms with van der Waals surface area (Å²) in [6, 6.07) is 5.46. The number of halogens is 1. The number of nitrogens with zero attached hydrogens (tertiary/aromatic N) is 4. The van der Waals surface area contributed by atoms with Crippen LogP contribution in [-0.4, -0.2) is 38.0 Å². The molecule has 0 atom stereocenters. The van der Waals surface area contributed by atoms with Crippen LogP contribution in [0.15, 0.2) is 18.2 Å². The van der Waals surface area contributed by atoms with E-state index in [1.807, 2.05) is 0 Å². The smallest absolute Gasteiger partial charge is 0.314 e. The molecule has 0 saturated heterocycles. The van der Waals surface area contributed by atoms with Crippen LogP contribution >= 0.6 is 11.6 Å². The number of nitrogens with one attached hydrogen (secondary N) is 2. The van der Waals surface area contributed by atoms with Crippen molar-refractivity contribution >= 4 is 34.2 Å². The molecule has 2 N–H and O–H groups in total. The van der Waals surface area contributed by atoms with Gasteiger partial charge in [0, 0.05) is 17.5 Å². The number of aromatic amines is 1. The number of aromatic nitrogens is 5. The minimum absolute atomic E-state index is 0.000497. The van der Waals surface area contributed by atoms with Crippen LogP contribution in [0.2, 0.25) is 5.02 Å². The van der Waals surface area contributed by atoms with E-state index < -0.39 is 5.91 Å². The fourth-order valence-corrected chi connectivity index (χ4v) is 2.07. The lowest BCUT2D eigenvalue weighted by atomic mass is 10.2. The Kier molecular flexibility index (Phi) is 3.22. The molecule has 0 aliphatic heterocycles. The van der Waals surface area contributed by atoms with Crippen molar-refractivity contribution in [2.75, 3.05) is 12.4 Å². The Morgan fingerprint density at radius 3 is 3.00 bits per heavy atom. The van der Waals surface area contributed by atoms with Gasteiger partial charge < -0.3 is 10.1 Å². The van der Waals surface area contributed by atoms with Crippen molar-refractivity contribution in [1.82, 2.24) is 25.0 Å². The zero-order valence-corrected chi connectivity index (χ0v) is 12.0. The zero-order chi connectivity index (χ0) is 15.0. The maximum atomic E-state index is 12.1. The van der Waals surface area contributed by atoms with Crippen molar-refractivity contribution in [2.24, 2.45) is 7.05 Å². The summed E-state index contributed by atoms with van der Waals surface area (Å²) in [5.74, 6) is -0.0881. The van der Waals surface area contributed by atoms with E-state index >= 15 is 0 Å². The van der Waals surface area contributed by atoms with Crippen LogP contribution in [0.25, 0.3) is 10.9 Å². The van der Waals surface area contributed by atoms with Gasteiger partial charge in [0.25, 0.3) is 5.91 Å². The Hall–Kier alpha value is -2.61. The SMILES string of the molecule is COc1nc(C(=O)Nc2n[nH]c3cc(Cl)ccc23)nn1C. The van der Waals surface area contributed by atoms with Crippen LogP contribution in [-0.2, 0) is 7.05 Å². The van der Waals surface area contributed by atoms with Crippen LogP contribution in [0.3, 0.4) is 0 Å². The predicted octanol–water partition coefficient (Wildman–Crippen LogP) is 1.61. The van der Waals surface area contributed by atoms with Crippen molar-refractivity contribution in [3.8, 4) is 6.01 Å². The average molecular weight is 307 g/mol. The van der Waals surface area contributed by atoms with Gasteiger partial charge in [-0.2, -0.15) is 10.1 Å². The van der Waals surface area contributed by atoms with Gasteiger partial charge in [-0.3, -0.25) is 9.89 Å². The quantitative estimate of drug-likeness (QED) is 0.766. The van der Waals surface area contributed by atoms with Crippen LogP contribution in [0.5, 0.6) is 6.01 Å². The van der Waals surface area contributed by atoms with E-state index in [2.05, 4.69) is 25.6 Å². The van der Waals surface area contributed by atoms with E-state index in [1.165, 1.54) is 11.8 Å². The molecule has 108 valence electrons. The maximum absolute atomic E-state index is 12.1. The lowest BCUT2D eigenvalue weighted by molar-refractivity contribution is 0.101. The summed E-state index contributed by atoms with van der Waals surface area (Å²) in [7, 11) is 3.09. The second-order valence-corrected chi connectivity index (χ2v) is 4.70. The number of ether oxygens (including phenoxy) is 1. The summed E-state index contributed by atoms with van der Waals surface area (Å²) >= 11 is 5.89. The molecule has 0 unspecified atom stereocenters. The highest BCUT2D eigenvalue weighted by atomic mass is 35.5. The summed E-state index contributed by atoms with van der Waals surface area (Å²) in [6.07, 6.45) is 0. The van der Waals surface area contributed by atoms with Crippen LogP contribution in [0.4, 0.5) is 5.82 Å². The van der Waals surface area contributed by atoms with Gasteiger partial charge in [-0.25, -0.2) is 4.68 Å². The van der Waals surface area contributed by atoms with Gasteiger partial charge in [0.05, 0.1) is 12.6 Å². The third kappa shape index (κ3) is 2.40. The number of hydrogen-bond acceptors (Lipinski definition) is 5. The predicted molar refractivity (Wildman–Crippen MR) is 76.6 cm³/mol. The highest BCUT2D eigenvalue weighted by Gasteiger charge is 2.17. The molecular formula is C12H11ClN6O2. The molecule has 9 heteroatoms. The number of methoxy groups -OCH3 is 1. The van der Waals surface area contributed by atoms with Crippen molar-refractivity contribution in [3.63, 3.8) is 0 Å². The molecule has 0 saturated carbocycles. The van der Waals surface area contributed by atoms with Gasteiger partial charge in [-0.15, -0.1) is 5.10 Å². The van der Waals surface area contributed by atoms with Gasteiger partial charge in [-0.05, 0) is 18.2 Å². The number of fused-ring (bicyclic) bond motifs is 1. The number of hydrogen-bond donors (Lipinski definition) is 2. The first-order valence-electron chi connectivity index (χ1n) is 5.98. The summed E-state index contributed by atoms with van der Waals surface area (Å²) in [4.78, 5) is 16.1. The summed E-state index contributed by atoms with van der Waals surface area (Å²) < 4.78 is 6.34. The minimum atomic E-state index is -0.475. The standard InChI is InChI=1S/C12H11ClN6O2/c1-19-12(21-2)15-10(18-19)11(20)14-9-7-4-3-6(13)5-8(7)16-17-9/h3-5H,1-2H3,(H2,14,16,17,20). The number of carbonyl (C=O) groups excluding carboxylic acids is 1. The zero-order valence-electron chi connectivity index (χ0n) is 11.2. The highest BCUT2D eigenvalue weighted by molar-refractivity contribution is 6.31.